The van der Waals surface area contributed by atoms with Crippen LogP contribution in [0.15, 0.2) is 54.6 Å². The highest BCUT2D eigenvalue weighted by molar-refractivity contribution is 6.08. The molecule has 0 amide bonds. The van der Waals surface area contributed by atoms with E-state index in [9.17, 15) is 9.90 Å². The highest BCUT2D eigenvalue weighted by Crippen LogP contribution is 2.46. The topological polar surface area (TPSA) is 37.3 Å². The van der Waals surface area contributed by atoms with Crippen LogP contribution < -0.4 is 0 Å². The summed E-state index contributed by atoms with van der Waals surface area (Å²) < 4.78 is 0. The van der Waals surface area contributed by atoms with Crippen molar-refractivity contribution in [1.29, 1.82) is 0 Å². The molecule has 18 heavy (non-hydrogen) atoms. The standard InChI is InChI=1S/C16H14O2/c1-16(11-7-3-2-4-8-11)14(17)12-9-5-6-10-13(12)15(16)18/h2-10,14,17H,1H3. The number of fused-ring (bicyclic) bond motifs is 1. The molecule has 1 aliphatic rings. The van der Waals surface area contributed by atoms with Crippen molar-refractivity contribution in [3.05, 3.63) is 71.3 Å². The largest absolute Gasteiger partial charge is 0.387 e. The maximum absolute atomic E-state index is 12.6. The predicted molar refractivity (Wildman–Crippen MR) is 69.5 cm³/mol. The molecular formula is C16H14O2. The van der Waals surface area contributed by atoms with Crippen molar-refractivity contribution in [2.24, 2.45) is 0 Å². The monoisotopic (exact) mass is 238 g/mol. The van der Waals surface area contributed by atoms with Crippen LogP contribution in [-0.2, 0) is 5.41 Å². The summed E-state index contributed by atoms with van der Waals surface area (Å²) in [7, 11) is 0. The molecule has 2 heteroatoms. The summed E-state index contributed by atoms with van der Waals surface area (Å²) in [5.41, 5.74) is 1.36. The molecule has 2 aromatic carbocycles. The Morgan fingerprint density at radius 2 is 1.61 bits per heavy atom. The normalized spacial score (nSPS) is 26.1. The van der Waals surface area contributed by atoms with Gasteiger partial charge in [-0.2, -0.15) is 0 Å². The third kappa shape index (κ3) is 1.30. The van der Waals surface area contributed by atoms with Crippen LogP contribution in [-0.4, -0.2) is 10.9 Å². The molecule has 0 heterocycles. The predicted octanol–water partition coefficient (Wildman–Crippen LogP) is 2.87. The smallest absolute Gasteiger partial charge is 0.176 e. The zero-order chi connectivity index (χ0) is 12.8. The highest BCUT2D eigenvalue weighted by atomic mass is 16.3. The van der Waals surface area contributed by atoms with E-state index in [0.717, 1.165) is 11.1 Å². The minimum absolute atomic E-state index is 0.00296. The van der Waals surface area contributed by atoms with Crippen LogP contribution in [0.1, 0.15) is 34.5 Å². The maximum atomic E-state index is 12.6. The van der Waals surface area contributed by atoms with Crippen LogP contribution in [0.5, 0.6) is 0 Å². The number of benzene rings is 2. The van der Waals surface area contributed by atoms with Gasteiger partial charge in [0.1, 0.15) is 0 Å². The van der Waals surface area contributed by atoms with E-state index >= 15 is 0 Å². The van der Waals surface area contributed by atoms with Gasteiger partial charge in [0, 0.05) is 5.56 Å². The molecule has 2 unspecified atom stereocenters. The molecule has 0 aromatic heterocycles. The molecule has 2 aromatic rings. The first-order valence-corrected chi connectivity index (χ1v) is 6.03. The molecular weight excluding hydrogens is 224 g/mol. The molecule has 0 fully saturated rings. The van der Waals surface area contributed by atoms with Gasteiger partial charge < -0.3 is 5.11 Å². The Morgan fingerprint density at radius 1 is 1.00 bits per heavy atom. The van der Waals surface area contributed by atoms with E-state index in [2.05, 4.69) is 0 Å². The third-order valence-electron chi connectivity index (χ3n) is 3.89. The number of hydrogen-bond acceptors (Lipinski definition) is 2. The van der Waals surface area contributed by atoms with Crippen LogP contribution in [0.3, 0.4) is 0 Å². The lowest BCUT2D eigenvalue weighted by molar-refractivity contribution is 0.0684. The fourth-order valence-electron chi connectivity index (χ4n) is 2.73. The van der Waals surface area contributed by atoms with E-state index in [1.807, 2.05) is 55.5 Å². The van der Waals surface area contributed by atoms with Crippen LogP contribution in [0, 0.1) is 0 Å². The molecule has 0 spiro atoms. The summed E-state index contributed by atoms with van der Waals surface area (Å²) in [6.45, 7) is 1.81. The quantitative estimate of drug-likeness (QED) is 0.829. The van der Waals surface area contributed by atoms with Crippen LogP contribution in [0.2, 0.25) is 0 Å². The van der Waals surface area contributed by atoms with Crippen molar-refractivity contribution < 1.29 is 9.90 Å². The summed E-state index contributed by atoms with van der Waals surface area (Å²) >= 11 is 0. The number of ketones is 1. The number of carbonyl (C=O) groups is 1. The molecule has 0 saturated carbocycles. The molecule has 0 radical (unpaired) electrons. The second kappa shape index (κ2) is 3.79. The fourth-order valence-corrected chi connectivity index (χ4v) is 2.73. The van der Waals surface area contributed by atoms with Gasteiger partial charge in [-0.05, 0) is 18.1 Å². The first-order chi connectivity index (χ1) is 8.65. The zero-order valence-corrected chi connectivity index (χ0v) is 10.1. The molecule has 0 aliphatic heterocycles. The number of hydrogen-bond donors (Lipinski definition) is 1. The number of carbonyl (C=O) groups excluding carboxylic acids is 1. The van der Waals surface area contributed by atoms with Gasteiger partial charge in [-0.25, -0.2) is 0 Å². The zero-order valence-electron chi connectivity index (χ0n) is 10.1. The van der Waals surface area contributed by atoms with Crippen LogP contribution in [0.4, 0.5) is 0 Å². The minimum Gasteiger partial charge on any atom is -0.387 e. The van der Waals surface area contributed by atoms with Crippen molar-refractivity contribution in [3.8, 4) is 0 Å². The lowest BCUT2D eigenvalue weighted by Gasteiger charge is -2.27. The molecule has 90 valence electrons. The molecule has 2 nitrogen and oxygen atoms in total. The van der Waals surface area contributed by atoms with Gasteiger partial charge in [-0.15, -0.1) is 0 Å². The molecule has 1 aliphatic carbocycles. The Bertz CT molecular complexity index is 604. The first kappa shape index (κ1) is 11.2. The van der Waals surface area contributed by atoms with E-state index in [1.54, 1.807) is 6.07 Å². The van der Waals surface area contributed by atoms with Crippen molar-refractivity contribution >= 4 is 5.78 Å². The maximum Gasteiger partial charge on any atom is 0.176 e. The van der Waals surface area contributed by atoms with E-state index < -0.39 is 11.5 Å². The summed E-state index contributed by atoms with van der Waals surface area (Å²) in [5, 5.41) is 10.5. The van der Waals surface area contributed by atoms with Crippen molar-refractivity contribution in [3.63, 3.8) is 0 Å². The SMILES string of the molecule is CC1(c2ccccc2)C(=O)c2ccccc2C1O. The Hall–Kier alpha value is -1.93. The van der Waals surface area contributed by atoms with Crippen LogP contribution in [0.25, 0.3) is 0 Å². The Labute approximate surface area is 106 Å². The van der Waals surface area contributed by atoms with Crippen molar-refractivity contribution in [2.45, 2.75) is 18.4 Å². The Balaban J connectivity index is 2.20. The first-order valence-electron chi connectivity index (χ1n) is 6.03. The number of aliphatic hydroxyl groups excluding tert-OH is 1. The van der Waals surface area contributed by atoms with E-state index in [-0.39, 0.29) is 5.78 Å². The van der Waals surface area contributed by atoms with Gasteiger partial charge in [-0.1, -0.05) is 54.6 Å². The average molecular weight is 238 g/mol. The second-order valence-electron chi connectivity index (χ2n) is 4.89. The molecule has 1 N–H and O–H groups in total. The second-order valence-corrected chi connectivity index (χ2v) is 4.89. The number of Topliss-reactive ketones (excluding diaryl/α,β-unsaturated/α-hetero) is 1. The molecule has 3 rings (SSSR count). The summed E-state index contributed by atoms with van der Waals surface area (Å²) in [6, 6.07) is 16.8. The minimum atomic E-state index is -0.870. The van der Waals surface area contributed by atoms with E-state index in [1.165, 1.54) is 0 Å². The summed E-state index contributed by atoms with van der Waals surface area (Å²) in [5.74, 6) is -0.00296. The number of aliphatic hydroxyl groups is 1. The fraction of sp³-hybridized carbons (Fsp3) is 0.188. The lowest BCUT2D eigenvalue weighted by atomic mass is 9.77. The van der Waals surface area contributed by atoms with Crippen molar-refractivity contribution in [1.82, 2.24) is 0 Å². The Morgan fingerprint density at radius 3 is 2.28 bits per heavy atom. The molecule has 2 atom stereocenters. The van der Waals surface area contributed by atoms with Gasteiger partial charge in [0.25, 0.3) is 0 Å². The van der Waals surface area contributed by atoms with Gasteiger partial charge in [0.05, 0.1) is 11.5 Å². The van der Waals surface area contributed by atoms with Gasteiger partial charge >= 0.3 is 0 Å². The molecule has 0 bridgehead atoms. The summed E-state index contributed by atoms with van der Waals surface area (Å²) in [4.78, 5) is 12.6. The average Bonchev–Trinajstić information content (AvgIpc) is 2.64. The van der Waals surface area contributed by atoms with E-state index in [4.69, 9.17) is 0 Å². The summed E-state index contributed by atoms with van der Waals surface area (Å²) in [6.07, 6.45) is -0.774. The van der Waals surface area contributed by atoms with E-state index in [0.29, 0.717) is 5.56 Å². The lowest BCUT2D eigenvalue weighted by Crippen LogP contribution is -2.32. The van der Waals surface area contributed by atoms with Gasteiger partial charge in [-0.3, -0.25) is 4.79 Å². The van der Waals surface area contributed by atoms with Crippen LogP contribution >= 0.6 is 0 Å². The third-order valence-corrected chi connectivity index (χ3v) is 3.89. The van der Waals surface area contributed by atoms with Crippen molar-refractivity contribution in [2.75, 3.05) is 0 Å². The van der Waals surface area contributed by atoms with Gasteiger partial charge in [0.2, 0.25) is 0 Å². The highest BCUT2D eigenvalue weighted by Gasteiger charge is 2.49. The Kier molecular flexibility index (Phi) is 2.35. The molecule has 0 saturated heterocycles. The number of rotatable bonds is 1. The van der Waals surface area contributed by atoms with Gasteiger partial charge in [0.15, 0.2) is 5.78 Å².